The maximum absolute atomic E-state index is 6.03. The second-order valence-corrected chi connectivity index (χ2v) is 3.99. The van der Waals surface area contributed by atoms with Crippen molar-refractivity contribution in [2.24, 2.45) is 0 Å². The van der Waals surface area contributed by atoms with Gasteiger partial charge in [-0.1, -0.05) is 11.6 Å². The van der Waals surface area contributed by atoms with Crippen LogP contribution >= 0.6 is 24.2 Å². The molecule has 1 aromatic rings. The van der Waals surface area contributed by atoms with Gasteiger partial charge in [-0.2, -0.15) is 12.6 Å². The predicted molar refractivity (Wildman–Crippen MR) is 59.7 cm³/mol. The maximum atomic E-state index is 6.03. The molecule has 14 heavy (non-hydrogen) atoms. The first-order valence-electron chi connectivity index (χ1n) is 4.50. The monoisotopic (exact) mass is 230 g/mol. The molecule has 2 nitrogen and oxygen atoms in total. The van der Waals surface area contributed by atoms with Crippen molar-refractivity contribution in [2.45, 2.75) is 12.8 Å². The van der Waals surface area contributed by atoms with Crippen LogP contribution in [0.5, 0.6) is 11.5 Å². The fourth-order valence-electron chi connectivity index (χ4n) is 1.45. The SMILES string of the molecule is SCCCc1cc(Cl)c2c(c1)OCO2. The summed E-state index contributed by atoms with van der Waals surface area (Å²) in [5, 5.41) is 0.633. The van der Waals surface area contributed by atoms with Crippen molar-refractivity contribution in [1.82, 2.24) is 0 Å². The number of hydrogen-bond acceptors (Lipinski definition) is 3. The van der Waals surface area contributed by atoms with Crippen LogP contribution in [0.4, 0.5) is 0 Å². The highest BCUT2D eigenvalue weighted by Crippen LogP contribution is 2.39. The summed E-state index contributed by atoms with van der Waals surface area (Å²) in [6.45, 7) is 0.269. The summed E-state index contributed by atoms with van der Waals surface area (Å²) in [4.78, 5) is 0. The molecular formula is C10H11ClO2S. The first-order chi connectivity index (χ1) is 6.81. The van der Waals surface area contributed by atoms with Crippen LogP contribution in [-0.2, 0) is 6.42 Å². The molecule has 0 unspecified atom stereocenters. The molecule has 0 aromatic heterocycles. The molecule has 0 atom stereocenters. The maximum Gasteiger partial charge on any atom is 0.231 e. The normalized spacial score (nSPS) is 13.3. The van der Waals surface area contributed by atoms with Crippen LogP contribution in [0.3, 0.4) is 0 Å². The van der Waals surface area contributed by atoms with Crippen LogP contribution in [-0.4, -0.2) is 12.5 Å². The molecule has 4 heteroatoms. The number of benzene rings is 1. The van der Waals surface area contributed by atoms with Gasteiger partial charge in [-0.15, -0.1) is 0 Å². The summed E-state index contributed by atoms with van der Waals surface area (Å²) in [5.41, 5.74) is 1.17. The molecule has 2 rings (SSSR count). The van der Waals surface area contributed by atoms with Gasteiger partial charge in [0.1, 0.15) is 0 Å². The molecule has 0 saturated carbocycles. The van der Waals surface area contributed by atoms with E-state index in [1.165, 1.54) is 5.56 Å². The molecule has 0 radical (unpaired) electrons. The standard InChI is InChI=1S/C10H11ClO2S/c11-8-4-7(2-1-3-14)5-9-10(8)13-6-12-9/h4-5,14H,1-3,6H2. The molecule has 0 bridgehead atoms. The Labute approximate surface area is 93.6 Å². The fourth-order valence-corrected chi connectivity index (χ4v) is 1.89. The van der Waals surface area contributed by atoms with Crippen molar-refractivity contribution in [2.75, 3.05) is 12.5 Å². The van der Waals surface area contributed by atoms with E-state index in [1.54, 1.807) is 0 Å². The van der Waals surface area contributed by atoms with E-state index in [0.29, 0.717) is 10.8 Å². The molecule has 0 spiro atoms. The van der Waals surface area contributed by atoms with E-state index in [0.717, 1.165) is 24.3 Å². The third-order valence-electron chi connectivity index (χ3n) is 2.11. The predicted octanol–water partition coefficient (Wildman–Crippen LogP) is 2.93. The Hall–Kier alpha value is -0.540. The van der Waals surface area contributed by atoms with Crippen LogP contribution in [0.15, 0.2) is 12.1 Å². The zero-order chi connectivity index (χ0) is 9.97. The zero-order valence-electron chi connectivity index (χ0n) is 7.62. The third kappa shape index (κ3) is 1.93. The molecule has 1 aliphatic rings. The van der Waals surface area contributed by atoms with Gasteiger partial charge in [-0.05, 0) is 36.3 Å². The topological polar surface area (TPSA) is 18.5 Å². The molecule has 0 saturated heterocycles. The van der Waals surface area contributed by atoms with E-state index in [-0.39, 0.29) is 6.79 Å². The lowest BCUT2D eigenvalue weighted by Gasteiger charge is -2.03. The Morgan fingerprint density at radius 2 is 2.21 bits per heavy atom. The van der Waals surface area contributed by atoms with Crippen LogP contribution < -0.4 is 9.47 Å². The lowest BCUT2D eigenvalue weighted by molar-refractivity contribution is 0.174. The number of ether oxygens (including phenoxy) is 2. The average molecular weight is 231 g/mol. The van der Waals surface area contributed by atoms with Gasteiger partial charge in [0, 0.05) is 0 Å². The average Bonchev–Trinajstić information content (AvgIpc) is 2.63. The van der Waals surface area contributed by atoms with Crippen LogP contribution in [0, 0.1) is 0 Å². The van der Waals surface area contributed by atoms with Crippen LogP contribution in [0.25, 0.3) is 0 Å². The second kappa shape index (κ2) is 4.32. The number of rotatable bonds is 3. The highest BCUT2D eigenvalue weighted by Gasteiger charge is 2.17. The molecule has 76 valence electrons. The van der Waals surface area contributed by atoms with Crippen LogP contribution in [0.1, 0.15) is 12.0 Å². The number of halogens is 1. The van der Waals surface area contributed by atoms with Crippen molar-refractivity contribution in [3.63, 3.8) is 0 Å². The van der Waals surface area contributed by atoms with Crippen molar-refractivity contribution >= 4 is 24.2 Å². The Bertz CT molecular complexity index is 341. The van der Waals surface area contributed by atoms with Crippen molar-refractivity contribution in [3.05, 3.63) is 22.7 Å². The van der Waals surface area contributed by atoms with Crippen LogP contribution in [0.2, 0.25) is 5.02 Å². The minimum Gasteiger partial charge on any atom is -0.454 e. The summed E-state index contributed by atoms with van der Waals surface area (Å²) in [6.07, 6.45) is 2.01. The van der Waals surface area contributed by atoms with Crippen molar-refractivity contribution in [3.8, 4) is 11.5 Å². The molecular weight excluding hydrogens is 220 g/mol. The number of aryl methyl sites for hydroxylation is 1. The highest BCUT2D eigenvalue weighted by molar-refractivity contribution is 7.80. The molecule has 1 aliphatic heterocycles. The van der Waals surface area contributed by atoms with E-state index in [4.69, 9.17) is 21.1 Å². The van der Waals surface area contributed by atoms with Gasteiger partial charge in [0.05, 0.1) is 5.02 Å². The quantitative estimate of drug-likeness (QED) is 0.805. The Kier molecular flexibility index (Phi) is 3.08. The number of fused-ring (bicyclic) bond motifs is 1. The Morgan fingerprint density at radius 1 is 1.36 bits per heavy atom. The summed E-state index contributed by atoms with van der Waals surface area (Å²) in [6, 6.07) is 3.91. The van der Waals surface area contributed by atoms with E-state index in [1.807, 2.05) is 12.1 Å². The van der Waals surface area contributed by atoms with E-state index < -0.39 is 0 Å². The lowest BCUT2D eigenvalue weighted by atomic mass is 10.1. The minimum absolute atomic E-state index is 0.269. The Balaban J connectivity index is 2.23. The molecule has 0 fully saturated rings. The second-order valence-electron chi connectivity index (χ2n) is 3.14. The summed E-state index contributed by atoms with van der Waals surface area (Å²) in [5.74, 6) is 2.31. The lowest BCUT2D eigenvalue weighted by Crippen LogP contribution is -1.93. The fraction of sp³-hybridized carbons (Fsp3) is 0.400. The van der Waals surface area contributed by atoms with E-state index >= 15 is 0 Å². The van der Waals surface area contributed by atoms with Gasteiger partial charge < -0.3 is 9.47 Å². The van der Waals surface area contributed by atoms with Crippen molar-refractivity contribution in [1.29, 1.82) is 0 Å². The largest absolute Gasteiger partial charge is 0.454 e. The van der Waals surface area contributed by atoms with Gasteiger partial charge in [0.2, 0.25) is 6.79 Å². The van der Waals surface area contributed by atoms with Crippen molar-refractivity contribution < 1.29 is 9.47 Å². The third-order valence-corrected chi connectivity index (χ3v) is 2.71. The number of hydrogen-bond donors (Lipinski definition) is 1. The smallest absolute Gasteiger partial charge is 0.231 e. The minimum atomic E-state index is 0.269. The molecule has 0 aliphatic carbocycles. The zero-order valence-corrected chi connectivity index (χ0v) is 9.28. The highest BCUT2D eigenvalue weighted by atomic mass is 35.5. The first kappa shape index (κ1) is 9.99. The number of thiol groups is 1. The molecule has 0 N–H and O–H groups in total. The summed E-state index contributed by atoms with van der Waals surface area (Å²) in [7, 11) is 0. The Morgan fingerprint density at radius 3 is 3.00 bits per heavy atom. The van der Waals surface area contributed by atoms with Gasteiger partial charge in [0.15, 0.2) is 11.5 Å². The first-order valence-corrected chi connectivity index (χ1v) is 5.51. The van der Waals surface area contributed by atoms with E-state index in [2.05, 4.69) is 12.6 Å². The van der Waals surface area contributed by atoms with Gasteiger partial charge in [-0.25, -0.2) is 0 Å². The van der Waals surface area contributed by atoms with Gasteiger partial charge in [-0.3, -0.25) is 0 Å². The molecule has 1 aromatic carbocycles. The summed E-state index contributed by atoms with van der Waals surface area (Å²) < 4.78 is 10.5. The molecule has 0 amide bonds. The molecule has 1 heterocycles. The van der Waals surface area contributed by atoms with Gasteiger partial charge in [0.25, 0.3) is 0 Å². The summed E-state index contributed by atoms with van der Waals surface area (Å²) >= 11 is 10.2. The van der Waals surface area contributed by atoms with Gasteiger partial charge >= 0.3 is 0 Å². The van der Waals surface area contributed by atoms with E-state index in [9.17, 15) is 0 Å².